The van der Waals surface area contributed by atoms with Crippen molar-refractivity contribution in [1.82, 2.24) is 0 Å². The maximum absolute atomic E-state index is 9.63. The van der Waals surface area contributed by atoms with Crippen LogP contribution in [0.25, 0.3) is 0 Å². The number of nitrogens with two attached hydrogens (primary N) is 2. The number of halogens is 2. The van der Waals surface area contributed by atoms with Crippen molar-refractivity contribution < 1.29 is 5.11 Å². The minimum absolute atomic E-state index is 0.125. The predicted octanol–water partition coefficient (Wildman–Crippen LogP) is 2.06. The number of benzene rings is 1. The van der Waals surface area contributed by atoms with Crippen LogP contribution in [0.2, 0.25) is 5.02 Å². The summed E-state index contributed by atoms with van der Waals surface area (Å²) in [7, 11) is 0. The molecule has 0 aliphatic carbocycles. The average molecular weight is 278 g/mol. The van der Waals surface area contributed by atoms with Gasteiger partial charge >= 0.3 is 0 Å². The van der Waals surface area contributed by atoms with Gasteiger partial charge in [0.05, 0.1) is 5.02 Å². The molecule has 0 saturated carbocycles. The van der Waals surface area contributed by atoms with Crippen LogP contribution in [0.1, 0.15) is 5.56 Å². The fraction of sp³-hybridized carbons (Fsp3) is 0.111. The van der Waals surface area contributed by atoms with E-state index in [0.717, 1.165) is 0 Å². The first-order valence-corrected chi connectivity index (χ1v) is 4.95. The molecule has 0 aromatic heterocycles. The van der Waals surface area contributed by atoms with Gasteiger partial charge in [-0.3, -0.25) is 0 Å². The highest BCUT2D eigenvalue weighted by Crippen LogP contribution is 2.35. The molecule has 0 fully saturated rings. The predicted molar refractivity (Wildman–Crippen MR) is 61.1 cm³/mol. The molecule has 1 aromatic carbocycles. The molecule has 0 heterocycles. The Morgan fingerprint density at radius 1 is 1.50 bits per heavy atom. The standard InChI is InChI=1S/C9H10BrClN2O/c1-2-9(12,13)6-3-5(10)4-7(11)8(6)14/h2-4,14H,1,12-13H2. The van der Waals surface area contributed by atoms with E-state index in [4.69, 9.17) is 23.1 Å². The number of hydrogen-bond acceptors (Lipinski definition) is 3. The van der Waals surface area contributed by atoms with Crippen LogP contribution in [0.5, 0.6) is 5.75 Å². The van der Waals surface area contributed by atoms with Gasteiger partial charge < -0.3 is 16.6 Å². The quantitative estimate of drug-likeness (QED) is 0.572. The first-order chi connectivity index (χ1) is 6.38. The Morgan fingerprint density at radius 3 is 2.57 bits per heavy atom. The Hall–Kier alpha value is -0.550. The molecular weight excluding hydrogens is 267 g/mol. The second-order valence-corrected chi connectivity index (χ2v) is 4.24. The highest BCUT2D eigenvalue weighted by Gasteiger charge is 2.23. The molecule has 0 radical (unpaired) electrons. The van der Waals surface area contributed by atoms with Crippen LogP contribution in [0.4, 0.5) is 0 Å². The summed E-state index contributed by atoms with van der Waals surface area (Å²) < 4.78 is 0.692. The highest BCUT2D eigenvalue weighted by molar-refractivity contribution is 9.10. The van der Waals surface area contributed by atoms with Crippen molar-refractivity contribution in [2.45, 2.75) is 5.66 Å². The van der Waals surface area contributed by atoms with E-state index in [1.165, 1.54) is 6.08 Å². The maximum atomic E-state index is 9.63. The van der Waals surface area contributed by atoms with Gasteiger partial charge in [-0.2, -0.15) is 0 Å². The normalized spacial score (nSPS) is 11.4. The Kier molecular flexibility index (Phi) is 3.21. The molecule has 0 amide bonds. The maximum Gasteiger partial charge on any atom is 0.140 e. The van der Waals surface area contributed by atoms with E-state index < -0.39 is 5.66 Å². The van der Waals surface area contributed by atoms with Crippen LogP contribution in [0.3, 0.4) is 0 Å². The van der Waals surface area contributed by atoms with E-state index >= 15 is 0 Å². The van der Waals surface area contributed by atoms with Crippen molar-refractivity contribution in [2.24, 2.45) is 11.5 Å². The number of phenolic OH excluding ortho intramolecular Hbond substituents is 1. The minimum atomic E-state index is -1.29. The summed E-state index contributed by atoms with van der Waals surface area (Å²) in [6.07, 6.45) is 1.34. The molecule has 1 rings (SSSR count). The highest BCUT2D eigenvalue weighted by atomic mass is 79.9. The van der Waals surface area contributed by atoms with Crippen LogP contribution in [0, 0.1) is 0 Å². The zero-order valence-corrected chi connectivity index (χ0v) is 9.64. The van der Waals surface area contributed by atoms with Crippen molar-refractivity contribution in [3.8, 4) is 5.75 Å². The lowest BCUT2D eigenvalue weighted by Gasteiger charge is -2.22. The van der Waals surface area contributed by atoms with Gasteiger partial charge in [-0.05, 0) is 12.1 Å². The molecule has 0 saturated heterocycles. The molecule has 14 heavy (non-hydrogen) atoms. The first-order valence-electron chi connectivity index (χ1n) is 3.78. The van der Waals surface area contributed by atoms with Crippen LogP contribution in [-0.2, 0) is 5.66 Å². The molecule has 0 atom stereocenters. The molecule has 76 valence electrons. The third-order valence-corrected chi connectivity index (χ3v) is 2.58. The van der Waals surface area contributed by atoms with E-state index in [9.17, 15) is 5.11 Å². The number of phenols is 1. The SMILES string of the molecule is C=CC(N)(N)c1cc(Br)cc(Cl)c1O. The van der Waals surface area contributed by atoms with Crippen molar-refractivity contribution in [2.75, 3.05) is 0 Å². The summed E-state index contributed by atoms with van der Waals surface area (Å²) in [5, 5.41) is 9.82. The third kappa shape index (κ3) is 2.09. The zero-order chi connectivity index (χ0) is 10.9. The summed E-state index contributed by atoms with van der Waals surface area (Å²) in [5.74, 6) is -0.125. The largest absolute Gasteiger partial charge is 0.506 e. The average Bonchev–Trinajstić information content (AvgIpc) is 2.11. The van der Waals surface area contributed by atoms with E-state index in [0.29, 0.717) is 10.0 Å². The number of aromatic hydroxyl groups is 1. The van der Waals surface area contributed by atoms with Gasteiger partial charge in [0.2, 0.25) is 0 Å². The van der Waals surface area contributed by atoms with Crippen molar-refractivity contribution in [3.05, 3.63) is 39.8 Å². The van der Waals surface area contributed by atoms with E-state index in [1.807, 2.05) is 0 Å². The fourth-order valence-electron chi connectivity index (χ4n) is 1.01. The van der Waals surface area contributed by atoms with E-state index in [2.05, 4.69) is 22.5 Å². The third-order valence-electron chi connectivity index (χ3n) is 1.83. The van der Waals surface area contributed by atoms with Crippen molar-refractivity contribution in [3.63, 3.8) is 0 Å². The number of hydrogen-bond donors (Lipinski definition) is 3. The summed E-state index contributed by atoms with van der Waals surface area (Å²) in [6, 6.07) is 3.16. The second-order valence-electron chi connectivity index (χ2n) is 2.92. The van der Waals surface area contributed by atoms with Crippen LogP contribution in [-0.4, -0.2) is 5.11 Å². The monoisotopic (exact) mass is 276 g/mol. The summed E-state index contributed by atoms with van der Waals surface area (Å²) >= 11 is 8.98. The van der Waals surface area contributed by atoms with Gasteiger partial charge in [-0.1, -0.05) is 40.2 Å². The smallest absolute Gasteiger partial charge is 0.140 e. The van der Waals surface area contributed by atoms with Crippen molar-refractivity contribution in [1.29, 1.82) is 0 Å². The Bertz CT molecular complexity index is 379. The van der Waals surface area contributed by atoms with Gasteiger partial charge in [0.25, 0.3) is 0 Å². The topological polar surface area (TPSA) is 72.3 Å². The Labute approximate surface area is 95.5 Å². The Balaban J connectivity index is 3.41. The lowest BCUT2D eigenvalue weighted by Crippen LogP contribution is -2.43. The zero-order valence-electron chi connectivity index (χ0n) is 7.30. The molecule has 0 unspecified atom stereocenters. The summed E-state index contributed by atoms with van der Waals surface area (Å²) in [5.41, 5.74) is 10.4. The molecule has 0 aliphatic rings. The molecule has 0 spiro atoms. The minimum Gasteiger partial charge on any atom is -0.506 e. The molecule has 1 aromatic rings. The fourth-order valence-corrected chi connectivity index (χ4v) is 1.82. The lowest BCUT2D eigenvalue weighted by molar-refractivity contribution is 0.448. The number of rotatable bonds is 2. The molecule has 3 nitrogen and oxygen atoms in total. The molecule has 0 aliphatic heterocycles. The van der Waals surface area contributed by atoms with Crippen LogP contribution >= 0.6 is 27.5 Å². The van der Waals surface area contributed by atoms with Gasteiger partial charge in [0.15, 0.2) is 0 Å². The summed E-state index contributed by atoms with van der Waals surface area (Å²) in [4.78, 5) is 0. The van der Waals surface area contributed by atoms with Gasteiger partial charge in [0.1, 0.15) is 11.4 Å². The second kappa shape index (κ2) is 3.90. The van der Waals surface area contributed by atoms with Gasteiger partial charge in [0, 0.05) is 10.0 Å². The van der Waals surface area contributed by atoms with E-state index in [1.54, 1.807) is 12.1 Å². The first kappa shape index (κ1) is 11.5. The van der Waals surface area contributed by atoms with Gasteiger partial charge in [-0.25, -0.2) is 0 Å². The van der Waals surface area contributed by atoms with Crippen LogP contribution in [0.15, 0.2) is 29.3 Å². The van der Waals surface area contributed by atoms with Crippen molar-refractivity contribution >= 4 is 27.5 Å². The Morgan fingerprint density at radius 2 is 2.07 bits per heavy atom. The van der Waals surface area contributed by atoms with Gasteiger partial charge in [-0.15, -0.1) is 0 Å². The molecular formula is C9H10BrClN2O. The molecule has 5 heteroatoms. The molecule has 0 bridgehead atoms. The molecule has 5 N–H and O–H groups in total. The lowest BCUT2D eigenvalue weighted by atomic mass is 10.0. The van der Waals surface area contributed by atoms with E-state index in [-0.39, 0.29) is 10.8 Å². The summed E-state index contributed by atoms with van der Waals surface area (Å²) in [6.45, 7) is 3.49. The van der Waals surface area contributed by atoms with Crippen LogP contribution < -0.4 is 11.5 Å².